The maximum absolute atomic E-state index is 12.1. The van der Waals surface area contributed by atoms with Crippen LogP contribution >= 0.6 is 0 Å². The zero-order valence-corrected chi connectivity index (χ0v) is 13.6. The van der Waals surface area contributed by atoms with E-state index in [0.29, 0.717) is 38.2 Å². The van der Waals surface area contributed by atoms with E-state index < -0.39 is 0 Å². The predicted molar refractivity (Wildman–Crippen MR) is 88.2 cm³/mol. The molecule has 6 nitrogen and oxygen atoms in total. The summed E-state index contributed by atoms with van der Waals surface area (Å²) < 4.78 is 4.94. The van der Waals surface area contributed by atoms with Gasteiger partial charge in [0.05, 0.1) is 6.61 Å². The number of amides is 2. The lowest BCUT2D eigenvalue weighted by molar-refractivity contribution is -0.128. The van der Waals surface area contributed by atoms with Gasteiger partial charge in [0.25, 0.3) is 5.91 Å². The molecule has 2 rings (SSSR count). The zero-order chi connectivity index (χ0) is 16.5. The van der Waals surface area contributed by atoms with Crippen molar-refractivity contribution >= 4 is 11.8 Å². The highest BCUT2D eigenvalue weighted by Crippen LogP contribution is 2.15. The van der Waals surface area contributed by atoms with Crippen molar-refractivity contribution in [2.24, 2.45) is 0 Å². The largest absolute Gasteiger partial charge is 0.383 e. The van der Waals surface area contributed by atoms with Crippen LogP contribution in [0.5, 0.6) is 0 Å². The Balaban J connectivity index is 1.79. The Bertz CT molecular complexity index is 534. The number of carbonyl (C=O) groups is 2. The number of nitrogens with one attached hydrogen (secondary N) is 2. The molecule has 2 amide bonds. The number of ether oxygens (including phenoxy) is 1. The Kier molecular flexibility index (Phi) is 7.03. The molecular weight excluding hydrogens is 294 g/mol. The van der Waals surface area contributed by atoms with Crippen molar-refractivity contribution in [1.29, 1.82) is 0 Å². The molecule has 1 saturated heterocycles. The Morgan fingerprint density at radius 3 is 2.91 bits per heavy atom. The molecule has 1 aliphatic heterocycles. The molecule has 0 bridgehead atoms. The third-order valence-corrected chi connectivity index (χ3v) is 3.80. The third kappa shape index (κ3) is 5.65. The summed E-state index contributed by atoms with van der Waals surface area (Å²) in [6, 6.07) is 7.47. The topological polar surface area (TPSA) is 70.7 Å². The third-order valence-electron chi connectivity index (χ3n) is 3.80. The summed E-state index contributed by atoms with van der Waals surface area (Å²) in [4.78, 5) is 25.7. The summed E-state index contributed by atoms with van der Waals surface area (Å²) in [6.07, 6.45) is 1.56. The summed E-state index contributed by atoms with van der Waals surface area (Å²) in [6.45, 7) is 4.09. The van der Waals surface area contributed by atoms with E-state index in [2.05, 4.69) is 10.6 Å². The number of hydrogen-bond donors (Lipinski definition) is 2. The van der Waals surface area contributed by atoms with Gasteiger partial charge in [-0.25, -0.2) is 0 Å². The van der Waals surface area contributed by atoms with E-state index in [0.717, 1.165) is 25.1 Å². The SMILES string of the molecule is COCCNCCNC(=O)c1cccc(CN2CCCC2=O)c1. The molecular formula is C17H25N3O3. The molecule has 23 heavy (non-hydrogen) atoms. The molecule has 1 aliphatic rings. The molecule has 0 aromatic heterocycles. The summed E-state index contributed by atoms with van der Waals surface area (Å²) in [7, 11) is 1.66. The molecule has 1 heterocycles. The van der Waals surface area contributed by atoms with Crippen LogP contribution in [0.25, 0.3) is 0 Å². The Hall–Kier alpha value is -1.92. The number of benzene rings is 1. The minimum absolute atomic E-state index is 0.0897. The fourth-order valence-electron chi connectivity index (χ4n) is 2.57. The number of carbonyl (C=O) groups excluding carboxylic acids is 2. The zero-order valence-electron chi connectivity index (χ0n) is 13.6. The number of methoxy groups -OCH3 is 1. The van der Waals surface area contributed by atoms with Crippen molar-refractivity contribution in [2.45, 2.75) is 19.4 Å². The second kappa shape index (κ2) is 9.27. The van der Waals surface area contributed by atoms with Crippen LogP contribution in [0.1, 0.15) is 28.8 Å². The highest BCUT2D eigenvalue weighted by molar-refractivity contribution is 5.94. The van der Waals surface area contributed by atoms with E-state index in [1.54, 1.807) is 13.2 Å². The first kappa shape index (κ1) is 17.4. The average Bonchev–Trinajstić information content (AvgIpc) is 2.96. The minimum Gasteiger partial charge on any atom is -0.383 e. The predicted octanol–water partition coefficient (Wildman–Crippen LogP) is 0.775. The van der Waals surface area contributed by atoms with Gasteiger partial charge >= 0.3 is 0 Å². The molecule has 0 unspecified atom stereocenters. The second-order valence-corrected chi connectivity index (χ2v) is 5.62. The van der Waals surface area contributed by atoms with Gasteiger partial charge < -0.3 is 20.3 Å². The normalized spacial score (nSPS) is 14.3. The molecule has 126 valence electrons. The van der Waals surface area contributed by atoms with E-state index in [4.69, 9.17) is 4.74 Å². The van der Waals surface area contributed by atoms with Gasteiger partial charge in [-0.05, 0) is 24.1 Å². The van der Waals surface area contributed by atoms with Crippen LogP contribution in [0.2, 0.25) is 0 Å². The molecule has 1 fully saturated rings. The Labute approximate surface area is 137 Å². The van der Waals surface area contributed by atoms with E-state index >= 15 is 0 Å². The highest BCUT2D eigenvalue weighted by atomic mass is 16.5. The summed E-state index contributed by atoms with van der Waals surface area (Å²) in [5.74, 6) is 0.107. The summed E-state index contributed by atoms with van der Waals surface area (Å²) in [5.41, 5.74) is 1.62. The lowest BCUT2D eigenvalue weighted by atomic mass is 10.1. The molecule has 0 radical (unpaired) electrons. The van der Waals surface area contributed by atoms with Crippen LogP contribution in [-0.4, -0.2) is 56.6 Å². The van der Waals surface area contributed by atoms with Crippen LogP contribution in [0, 0.1) is 0 Å². The molecule has 0 aliphatic carbocycles. The van der Waals surface area contributed by atoms with E-state index in [1.165, 1.54) is 0 Å². The first-order valence-corrected chi connectivity index (χ1v) is 8.05. The number of hydrogen-bond acceptors (Lipinski definition) is 4. The fraction of sp³-hybridized carbons (Fsp3) is 0.529. The highest BCUT2D eigenvalue weighted by Gasteiger charge is 2.20. The number of likely N-dealkylation sites (tertiary alicyclic amines) is 1. The molecule has 6 heteroatoms. The first-order valence-electron chi connectivity index (χ1n) is 8.05. The average molecular weight is 319 g/mol. The molecule has 2 N–H and O–H groups in total. The van der Waals surface area contributed by atoms with Crippen molar-refractivity contribution < 1.29 is 14.3 Å². The van der Waals surface area contributed by atoms with Crippen LogP contribution in [-0.2, 0) is 16.1 Å². The van der Waals surface area contributed by atoms with Gasteiger partial charge in [-0.3, -0.25) is 9.59 Å². The van der Waals surface area contributed by atoms with Crippen LogP contribution in [0.3, 0.4) is 0 Å². The van der Waals surface area contributed by atoms with E-state index in [9.17, 15) is 9.59 Å². The molecule has 0 atom stereocenters. The smallest absolute Gasteiger partial charge is 0.251 e. The molecule has 1 aromatic carbocycles. The van der Waals surface area contributed by atoms with Gasteiger partial charge in [0.1, 0.15) is 0 Å². The number of rotatable bonds is 9. The van der Waals surface area contributed by atoms with Crippen LogP contribution in [0.15, 0.2) is 24.3 Å². The van der Waals surface area contributed by atoms with Crippen molar-refractivity contribution in [3.63, 3.8) is 0 Å². The van der Waals surface area contributed by atoms with Gasteiger partial charge in [0, 0.05) is 51.8 Å². The number of nitrogens with zero attached hydrogens (tertiary/aromatic N) is 1. The monoisotopic (exact) mass is 319 g/mol. The molecule has 0 saturated carbocycles. The fourth-order valence-corrected chi connectivity index (χ4v) is 2.57. The summed E-state index contributed by atoms with van der Waals surface area (Å²) >= 11 is 0. The van der Waals surface area contributed by atoms with Crippen molar-refractivity contribution in [1.82, 2.24) is 15.5 Å². The maximum Gasteiger partial charge on any atom is 0.251 e. The molecule has 0 spiro atoms. The van der Waals surface area contributed by atoms with Gasteiger partial charge in [-0.1, -0.05) is 12.1 Å². The standard InChI is InChI=1S/C17H25N3O3/c1-23-11-9-18-7-8-19-17(22)15-5-2-4-14(12-15)13-20-10-3-6-16(20)21/h2,4-5,12,18H,3,6-11,13H2,1H3,(H,19,22). The van der Waals surface area contributed by atoms with Crippen molar-refractivity contribution in [3.05, 3.63) is 35.4 Å². The maximum atomic E-state index is 12.1. The molecule has 1 aromatic rings. The van der Waals surface area contributed by atoms with Gasteiger partial charge in [-0.2, -0.15) is 0 Å². The second-order valence-electron chi connectivity index (χ2n) is 5.62. The first-order chi connectivity index (χ1) is 11.2. The summed E-state index contributed by atoms with van der Waals surface area (Å²) in [5, 5.41) is 6.06. The van der Waals surface area contributed by atoms with Gasteiger partial charge in [0.2, 0.25) is 5.91 Å². The lowest BCUT2D eigenvalue weighted by Gasteiger charge is -2.16. The van der Waals surface area contributed by atoms with Crippen LogP contribution in [0.4, 0.5) is 0 Å². The van der Waals surface area contributed by atoms with Gasteiger partial charge in [-0.15, -0.1) is 0 Å². The van der Waals surface area contributed by atoms with E-state index in [-0.39, 0.29) is 11.8 Å². The van der Waals surface area contributed by atoms with E-state index in [1.807, 2.05) is 23.1 Å². The van der Waals surface area contributed by atoms with Crippen molar-refractivity contribution in [3.8, 4) is 0 Å². The minimum atomic E-state index is -0.0897. The quantitative estimate of drug-likeness (QED) is 0.660. The lowest BCUT2D eigenvalue weighted by Crippen LogP contribution is -2.33. The Morgan fingerprint density at radius 1 is 1.30 bits per heavy atom. The van der Waals surface area contributed by atoms with Gasteiger partial charge in [0.15, 0.2) is 0 Å². The van der Waals surface area contributed by atoms with Crippen molar-refractivity contribution in [2.75, 3.05) is 39.9 Å². The van der Waals surface area contributed by atoms with Crippen LogP contribution < -0.4 is 10.6 Å². The Morgan fingerprint density at radius 2 is 2.17 bits per heavy atom.